The molecule has 2 aromatic rings. The fraction of sp³-hybridized carbons (Fsp3) is 0.308. The number of carbonyl (C=O) groups excluding carboxylic acids is 1. The maximum atomic E-state index is 11.8. The molecule has 0 atom stereocenters. The van der Waals surface area contributed by atoms with Crippen molar-refractivity contribution < 1.29 is 9.21 Å². The van der Waals surface area contributed by atoms with Gasteiger partial charge in [0.2, 0.25) is 0 Å². The third-order valence-corrected chi connectivity index (χ3v) is 2.46. The number of anilines is 1. The summed E-state index contributed by atoms with van der Waals surface area (Å²) in [5.74, 6) is 1.10. The van der Waals surface area contributed by atoms with E-state index in [0.717, 1.165) is 13.0 Å². The van der Waals surface area contributed by atoms with Gasteiger partial charge in [-0.1, -0.05) is 6.92 Å². The van der Waals surface area contributed by atoms with Crippen LogP contribution < -0.4 is 10.6 Å². The van der Waals surface area contributed by atoms with E-state index in [0.29, 0.717) is 18.1 Å². The maximum Gasteiger partial charge on any atom is 0.272 e. The van der Waals surface area contributed by atoms with Crippen LogP contribution in [0.25, 0.3) is 0 Å². The summed E-state index contributed by atoms with van der Waals surface area (Å²) in [6.45, 7) is 3.24. The Kier molecular flexibility index (Phi) is 4.49. The Balaban J connectivity index is 1.88. The van der Waals surface area contributed by atoms with Gasteiger partial charge in [-0.3, -0.25) is 4.79 Å². The van der Waals surface area contributed by atoms with Gasteiger partial charge in [-0.05, 0) is 30.7 Å². The van der Waals surface area contributed by atoms with Gasteiger partial charge in [0.05, 0.1) is 12.8 Å². The minimum Gasteiger partial charge on any atom is -0.467 e. The highest BCUT2D eigenvalue weighted by molar-refractivity contribution is 5.92. The van der Waals surface area contributed by atoms with Crippen LogP contribution in [-0.2, 0) is 6.54 Å². The number of nitrogens with zero attached hydrogens (tertiary/aromatic N) is 2. The molecule has 0 aliphatic carbocycles. The van der Waals surface area contributed by atoms with Crippen LogP contribution in [0.15, 0.2) is 34.9 Å². The minimum absolute atomic E-state index is 0.272. The average Bonchev–Trinajstić information content (AvgIpc) is 2.96. The van der Waals surface area contributed by atoms with Crippen molar-refractivity contribution in [3.05, 3.63) is 42.0 Å². The van der Waals surface area contributed by atoms with Crippen LogP contribution in [0, 0.1) is 0 Å². The van der Waals surface area contributed by atoms with E-state index >= 15 is 0 Å². The molecular weight excluding hydrogens is 244 g/mol. The maximum absolute atomic E-state index is 11.8. The molecule has 6 nitrogen and oxygen atoms in total. The Hall–Kier alpha value is -2.37. The summed E-state index contributed by atoms with van der Waals surface area (Å²) in [7, 11) is 0. The van der Waals surface area contributed by atoms with E-state index in [2.05, 4.69) is 27.8 Å². The molecule has 0 bridgehead atoms. The fourth-order valence-electron chi connectivity index (χ4n) is 1.47. The first-order valence-corrected chi connectivity index (χ1v) is 6.17. The predicted octanol–water partition coefficient (Wildman–Crippen LogP) is 1.82. The SMILES string of the molecule is CCCNc1ccc(C(=O)NCc2ccco2)nn1. The Morgan fingerprint density at radius 1 is 1.32 bits per heavy atom. The van der Waals surface area contributed by atoms with Crippen LogP contribution >= 0.6 is 0 Å². The first-order chi connectivity index (χ1) is 9.29. The first kappa shape index (κ1) is 13.1. The molecule has 0 unspecified atom stereocenters. The van der Waals surface area contributed by atoms with Crippen molar-refractivity contribution in [3.63, 3.8) is 0 Å². The summed E-state index contributed by atoms with van der Waals surface area (Å²) in [6.07, 6.45) is 2.57. The van der Waals surface area contributed by atoms with Crippen LogP contribution in [0.1, 0.15) is 29.6 Å². The molecular formula is C13H16N4O2. The zero-order valence-corrected chi connectivity index (χ0v) is 10.7. The molecule has 19 heavy (non-hydrogen) atoms. The molecule has 0 saturated carbocycles. The van der Waals surface area contributed by atoms with Gasteiger partial charge in [0.25, 0.3) is 5.91 Å². The van der Waals surface area contributed by atoms with Gasteiger partial charge in [-0.15, -0.1) is 10.2 Å². The lowest BCUT2D eigenvalue weighted by molar-refractivity contribution is 0.0942. The lowest BCUT2D eigenvalue weighted by atomic mass is 10.3. The van der Waals surface area contributed by atoms with Gasteiger partial charge in [0.15, 0.2) is 5.69 Å². The molecule has 1 amide bonds. The molecule has 100 valence electrons. The fourth-order valence-corrected chi connectivity index (χ4v) is 1.47. The Morgan fingerprint density at radius 3 is 2.84 bits per heavy atom. The molecule has 2 rings (SSSR count). The highest BCUT2D eigenvalue weighted by Crippen LogP contribution is 2.03. The summed E-state index contributed by atoms with van der Waals surface area (Å²) >= 11 is 0. The molecule has 0 radical (unpaired) electrons. The zero-order valence-electron chi connectivity index (χ0n) is 10.7. The van der Waals surface area contributed by atoms with Crippen LogP contribution in [0.5, 0.6) is 0 Å². The van der Waals surface area contributed by atoms with E-state index in [1.165, 1.54) is 0 Å². The molecule has 0 fully saturated rings. The van der Waals surface area contributed by atoms with Crippen molar-refractivity contribution in [2.45, 2.75) is 19.9 Å². The monoisotopic (exact) mass is 260 g/mol. The molecule has 0 aliphatic heterocycles. The molecule has 0 aliphatic rings. The average molecular weight is 260 g/mol. The van der Waals surface area contributed by atoms with Gasteiger partial charge >= 0.3 is 0 Å². The number of carbonyl (C=O) groups is 1. The van der Waals surface area contributed by atoms with Gasteiger partial charge in [0.1, 0.15) is 11.6 Å². The minimum atomic E-state index is -0.272. The van der Waals surface area contributed by atoms with Gasteiger partial charge in [0, 0.05) is 6.54 Å². The summed E-state index contributed by atoms with van der Waals surface area (Å²) in [5.41, 5.74) is 0.286. The number of furan rings is 1. The normalized spacial score (nSPS) is 10.2. The van der Waals surface area contributed by atoms with Crippen LogP contribution in [0.2, 0.25) is 0 Å². The molecule has 2 N–H and O–H groups in total. The van der Waals surface area contributed by atoms with E-state index in [-0.39, 0.29) is 11.6 Å². The van der Waals surface area contributed by atoms with Crippen molar-refractivity contribution in [1.29, 1.82) is 0 Å². The van der Waals surface area contributed by atoms with E-state index in [1.807, 2.05) is 0 Å². The van der Waals surface area contributed by atoms with Crippen LogP contribution in [-0.4, -0.2) is 22.6 Å². The molecule has 2 heterocycles. The number of hydrogen-bond acceptors (Lipinski definition) is 5. The van der Waals surface area contributed by atoms with E-state index in [4.69, 9.17) is 4.42 Å². The van der Waals surface area contributed by atoms with Crippen molar-refractivity contribution in [3.8, 4) is 0 Å². The lowest BCUT2D eigenvalue weighted by Crippen LogP contribution is -2.24. The molecule has 0 aromatic carbocycles. The molecule has 6 heteroatoms. The number of hydrogen-bond donors (Lipinski definition) is 2. The van der Waals surface area contributed by atoms with E-state index in [1.54, 1.807) is 30.5 Å². The predicted molar refractivity (Wildman–Crippen MR) is 70.7 cm³/mol. The standard InChI is InChI=1S/C13H16N4O2/c1-2-7-14-12-6-5-11(16-17-12)13(18)15-9-10-4-3-8-19-10/h3-6,8H,2,7,9H2,1H3,(H,14,17)(H,15,18). The van der Waals surface area contributed by atoms with E-state index < -0.39 is 0 Å². The van der Waals surface area contributed by atoms with Crippen molar-refractivity contribution in [2.75, 3.05) is 11.9 Å². The largest absolute Gasteiger partial charge is 0.467 e. The summed E-state index contributed by atoms with van der Waals surface area (Å²) in [4.78, 5) is 11.8. The van der Waals surface area contributed by atoms with Crippen molar-refractivity contribution >= 4 is 11.7 Å². The number of rotatable bonds is 6. The van der Waals surface area contributed by atoms with Gasteiger partial charge < -0.3 is 15.1 Å². The highest BCUT2D eigenvalue weighted by Gasteiger charge is 2.08. The number of aromatic nitrogens is 2. The van der Waals surface area contributed by atoms with E-state index in [9.17, 15) is 4.79 Å². The van der Waals surface area contributed by atoms with Gasteiger partial charge in [-0.2, -0.15) is 0 Å². The second kappa shape index (κ2) is 6.53. The Labute approximate surface area is 111 Å². The van der Waals surface area contributed by atoms with Gasteiger partial charge in [-0.25, -0.2) is 0 Å². The van der Waals surface area contributed by atoms with Crippen LogP contribution in [0.4, 0.5) is 5.82 Å². The third kappa shape index (κ3) is 3.80. The first-order valence-electron chi connectivity index (χ1n) is 6.17. The molecule has 2 aromatic heterocycles. The van der Waals surface area contributed by atoms with Crippen LogP contribution in [0.3, 0.4) is 0 Å². The van der Waals surface area contributed by atoms with Crippen molar-refractivity contribution in [2.24, 2.45) is 0 Å². The highest BCUT2D eigenvalue weighted by atomic mass is 16.3. The summed E-state index contributed by atoms with van der Waals surface area (Å²) in [6, 6.07) is 6.95. The second-order valence-corrected chi connectivity index (χ2v) is 3.99. The Bertz CT molecular complexity index is 508. The topological polar surface area (TPSA) is 80.0 Å². The quantitative estimate of drug-likeness (QED) is 0.828. The third-order valence-electron chi connectivity index (χ3n) is 2.46. The second-order valence-electron chi connectivity index (χ2n) is 3.99. The number of nitrogens with one attached hydrogen (secondary N) is 2. The summed E-state index contributed by atoms with van der Waals surface area (Å²) < 4.78 is 5.12. The smallest absolute Gasteiger partial charge is 0.272 e. The summed E-state index contributed by atoms with van der Waals surface area (Å²) in [5, 5.41) is 13.6. The Morgan fingerprint density at radius 2 is 2.21 bits per heavy atom. The zero-order chi connectivity index (χ0) is 13.5. The van der Waals surface area contributed by atoms with Crippen molar-refractivity contribution in [1.82, 2.24) is 15.5 Å². The lowest BCUT2D eigenvalue weighted by Gasteiger charge is -2.04. The molecule has 0 saturated heterocycles. The number of amides is 1. The molecule has 0 spiro atoms.